The van der Waals surface area contributed by atoms with Gasteiger partial charge in [0.15, 0.2) is 24.6 Å². The van der Waals surface area contributed by atoms with Crippen molar-refractivity contribution in [2.75, 3.05) is 13.2 Å². The van der Waals surface area contributed by atoms with Gasteiger partial charge in [-0.25, -0.2) is 4.79 Å². The van der Waals surface area contributed by atoms with Gasteiger partial charge in [0.1, 0.15) is 18.8 Å². The lowest BCUT2D eigenvalue weighted by Gasteiger charge is -2.40. The van der Waals surface area contributed by atoms with Crippen molar-refractivity contribution >= 4 is 23.9 Å². The Balaban J connectivity index is 2.63. The molecule has 1 aliphatic rings. The van der Waals surface area contributed by atoms with Crippen LogP contribution in [0.4, 0.5) is 0 Å². The molecule has 1 heterocycles. The third-order valence-electron chi connectivity index (χ3n) is 15.8. The van der Waals surface area contributed by atoms with Gasteiger partial charge < -0.3 is 39.0 Å². The van der Waals surface area contributed by atoms with Gasteiger partial charge >= 0.3 is 23.9 Å². The van der Waals surface area contributed by atoms with Crippen LogP contribution in [0.1, 0.15) is 342 Å². The molecule has 1 saturated heterocycles. The van der Waals surface area contributed by atoms with Gasteiger partial charge in [-0.15, -0.1) is 0 Å². The van der Waals surface area contributed by atoms with Crippen molar-refractivity contribution in [1.82, 2.24) is 0 Å². The number of aliphatic carboxylic acids is 1. The first-order chi connectivity index (χ1) is 38.6. The van der Waals surface area contributed by atoms with E-state index in [0.717, 1.165) is 70.6 Å². The SMILES string of the molecule is CCCCCCCC/C=C\CCCCCCCCCC(=O)OC1C(OCC(COC(=O)CCCCCCCCCCCCCCCCCCC)OC(=O)CCCCCCCCCCCCCCCCC)OC(C(=O)O)C(O)C1O. The van der Waals surface area contributed by atoms with E-state index in [-0.39, 0.29) is 25.9 Å². The van der Waals surface area contributed by atoms with Crippen molar-refractivity contribution in [3.63, 3.8) is 0 Å². The maximum atomic E-state index is 13.2. The molecule has 6 unspecified atom stereocenters. The van der Waals surface area contributed by atoms with Crippen LogP contribution in [0.3, 0.4) is 0 Å². The number of esters is 3. The lowest BCUT2D eigenvalue weighted by molar-refractivity contribution is -0.301. The van der Waals surface area contributed by atoms with E-state index in [1.54, 1.807) is 0 Å². The smallest absolute Gasteiger partial charge is 0.335 e. The van der Waals surface area contributed by atoms with E-state index in [1.165, 1.54) is 212 Å². The van der Waals surface area contributed by atoms with Crippen molar-refractivity contribution in [3.8, 4) is 0 Å². The van der Waals surface area contributed by atoms with Gasteiger partial charge in [-0.1, -0.05) is 290 Å². The molecular formula is C67H124O12. The van der Waals surface area contributed by atoms with Crippen LogP contribution in [0, 0.1) is 0 Å². The standard InChI is InChI=1S/C67H124O12/c1-4-7-10-13-16-19-22-25-28-30-33-35-38-41-44-47-50-53-59(68)75-56-58(77-60(69)54-51-48-45-42-39-36-32-27-24-21-18-15-12-9-6-3)57-76-67-65(63(72)62(71)64(79-67)66(73)74)78-61(70)55-52-49-46-43-40-37-34-31-29-26-23-20-17-14-11-8-5-2/h26,29,58,62-65,67,71-72H,4-25,27-28,30-57H2,1-3H3,(H,73,74)/b29-26-. The summed E-state index contributed by atoms with van der Waals surface area (Å²) in [6.07, 6.45) is 51.6. The Hall–Kier alpha value is -2.54. The lowest BCUT2D eigenvalue weighted by atomic mass is 9.98. The molecule has 0 spiro atoms. The molecular weight excluding hydrogens is 997 g/mol. The van der Waals surface area contributed by atoms with Crippen LogP contribution in [0.15, 0.2) is 12.2 Å². The third-order valence-corrected chi connectivity index (χ3v) is 15.8. The zero-order valence-corrected chi connectivity index (χ0v) is 51.4. The van der Waals surface area contributed by atoms with E-state index in [1.807, 2.05) is 0 Å². The van der Waals surface area contributed by atoms with E-state index in [4.69, 9.17) is 23.7 Å². The van der Waals surface area contributed by atoms with Gasteiger partial charge in [-0.05, 0) is 44.9 Å². The molecule has 12 heteroatoms. The Kier molecular flexibility index (Phi) is 52.8. The number of carboxylic acids is 1. The Morgan fingerprint density at radius 1 is 0.405 bits per heavy atom. The van der Waals surface area contributed by atoms with Crippen molar-refractivity contribution in [3.05, 3.63) is 12.2 Å². The van der Waals surface area contributed by atoms with Gasteiger partial charge in [0, 0.05) is 19.3 Å². The fourth-order valence-electron chi connectivity index (χ4n) is 10.7. The minimum atomic E-state index is -1.90. The second-order valence-electron chi connectivity index (χ2n) is 23.5. The second kappa shape index (κ2) is 56.0. The molecule has 0 aromatic carbocycles. The predicted octanol–water partition coefficient (Wildman–Crippen LogP) is 18.0. The summed E-state index contributed by atoms with van der Waals surface area (Å²) in [5.74, 6) is -3.07. The van der Waals surface area contributed by atoms with Crippen molar-refractivity contribution in [2.45, 2.75) is 379 Å². The molecule has 12 nitrogen and oxygen atoms in total. The van der Waals surface area contributed by atoms with Gasteiger partial charge in [0.05, 0.1) is 6.61 Å². The summed E-state index contributed by atoms with van der Waals surface area (Å²) < 4.78 is 28.6. The number of carbonyl (C=O) groups is 4. The van der Waals surface area contributed by atoms with Crippen LogP contribution in [-0.4, -0.2) is 89.2 Å². The first-order valence-electron chi connectivity index (χ1n) is 33.7. The molecule has 1 aliphatic heterocycles. The number of hydrogen-bond donors (Lipinski definition) is 3. The summed E-state index contributed by atoms with van der Waals surface area (Å²) in [5.41, 5.74) is 0. The first-order valence-corrected chi connectivity index (χ1v) is 33.7. The van der Waals surface area contributed by atoms with Gasteiger partial charge in [-0.3, -0.25) is 14.4 Å². The molecule has 0 bridgehead atoms. The Morgan fingerprint density at radius 3 is 1.08 bits per heavy atom. The van der Waals surface area contributed by atoms with Crippen LogP contribution in [0.2, 0.25) is 0 Å². The summed E-state index contributed by atoms with van der Waals surface area (Å²) in [5, 5.41) is 31.6. The molecule has 464 valence electrons. The van der Waals surface area contributed by atoms with E-state index in [2.05, 4.69) is 32.9 Å². The Morgan fingerprint density at radius 2 is 0.722 bits per heavy atom. The number of aliphatic hydroxyl groups is 2. The lowest BCUT2D eigenvalue weighted by Crippen LogP contribution is -2.61. The summed E-state index contributed by atoms with van der Waals surface area (Å²) in [7, 11) is 0. The minimum Gasteiger partial charge on any atom is -0.479 e. The summed E-state index contributed by atoms with van der Waals surface area (Å²) in [6.45, 7) is 6.06. The van der Waals surface area contributed by atoms with E-state index in [0.29, 0.717) is 19.3 Å². The number of ether oxygens (including phenoxy) is 5. The molecule has 6 atom stereocenters. The maximum absolute atomic E-state index is 13.2. The minimum absolute atomic E-state index is 0.0622. The number of carbonyl (C=O) groups excluding carboxylic acids is 3. The Bertz CT molecular complexity index is 1420. The van der Waals surface area contributed by atoms with E-state index in [9.17, 15) is 34.5 Å². The third kappa shape index (κ3) is 45.6. The average Bonchev–Trinajstić information content (AvgIpc) is 3.43. The van der Waals surface area contributed by atoms with Crippen molar-refractivity contribution in [2.24, 2.45) is 0 Å². The fourth-order valence-corrected chi connectivity index (χ4v) is 10.7. The average molecular weight is 1120 g/mol. The molecule has 1 rings (SSSR count). The number of aliphatic hydroxyl groups excluding tert-OH is 2. The van der Waals surface area contributed by atoms with Crippen LogP contribution < -0.4 is 0 Å². The quantitative estimate of drug-likeness (QED) is 0.0228. The Labute approximate surface area is 484 Å². The summed E-state index contributed by atoms with van der Waals surface area (Å²) >= 11 is 0. The van der Waals surface area contributed by atoms with Crippen LogP contribution in [-0.2, 0) is 42.9 Å². The highest BCUT2D eigenvalue weighted by Crippen LogP contribution is 2.27. The van der Waals surface area contributed by atoms with E-state index >= 15 is 0 Å². The highest BCUT2D eigenvalue weighted by atomic mass is 16.7. The molecule has 0 aromatic heterocycles. The maximum Gasteiger partial charge on any atom is 0.335 e. The highest BCUT2D eigenvalue weighted by molar-refractivity contribution is 5.74. The molecule has 0 aliphatic carbocycles. The normalized spacial score (nSPS) is 17.8. The second-order valence-corrected chi connectivity index (χ2v) is 23.5. The molecule has 0 aromatic rings. The van der Waals surface area contributed by atoms with Gasteiger partial charge in [0.2, 0.25) is 0 Å². The summed E-state index contributed by atoms with van der Waals surface area (Å²) in [4.78, 5) is 51.3. The van der Waals surface area contributed by atoms with Crippen molar-refractivity contribution < 1.29 is 58.2 Å². The van der Waals surface area contributed by atoms with Crippen LogP contribution in [0.5, 0.6) is 0 Å². The number of allylic oxidation sites excluding steroid dienone is 2. The molecule has 0 amide bonds. The zero-order valence-electron chi connectivity index (χ0n) is 51.4. The number of rotatable bonds is 59. The molecule has 79 heavy (non-hydrogen) atoms. The fraction of sp³-hybridized carbons (Fsp3) is 0.910. The predicted molar refractivity (Wildman–Crippen MR) is 322 cm³/mol. The molecule has 0 saturated carbocycles. The van der Waals surface area contributed by atoms with Crippen molar-refractivity contribution in [1.29, 1.82) is 0 Å². The summed E-state index contributed by atoms with van der Waals surface area (Å²) in [6, 6.07) is 0. The number of unbranched alkanes of at least 4 members (excludes halogenated alkanes) is 43. The van der Waals surface area contributed by atoms with Crippen LogP contribution in [0.25, 0.3) is 0 Å². The number of carboxylic acid groups (broad SMARTS) is 1. The zero-order chi connectivity index (χ0) is 57.5. The topological polar surface area (TPSA) is 175 Å². The molecule has 0 radical (unpaired) electrons. The molecule has 3 N–H and O–H groups in total. The molecule has 1 fully saturated rings. The monoisotopic (exact) mass is 1120 g/mol. The van der Waals surface area contributed by atoms with Gasteiger partial charge in [-0.2, -0.15) is 0 Å². The first kappa shape index (κ1) is 74.5. The highest BCUT2D eigenvalue weighted by Gasteiger charge is 2.50. The van der Waals surface area contributed by atoms with Gasteiger partial charge in [0.25, 0.3) is 0 Å². The number of hydrogen-bond acceptors (Lipinski definition) is 11. The van der Waals surface area contributed by atoms with Crippen LogP contribution >= 0.6 is 0 Å². The van der Waals surface area contributed by atoms with E-state index < -0.39 is 67.3 Å². The largest absolute Gasteiger partial charge is 0.479 e.